The number of ketones is 2. The van der Waals surface area contributed by atoms with Gasteiger partial charge in [0.2, 0.25) is 0 Å². The third kappa shape index (κ3) is 3.19. The summed E-state index contributed by atoms with van der Waals surface area (Å²) in [5, 5.41) is 0. The smallest absolute Gasteiger partial charge is 0.339 e. The maximum absolute atomic E-state index is 13.2. The van der Waals surface area contributed by atoms with Gasteiger partial charge in [-0.15, -0.1) is 0 Å². The lowest BCUT2D eigenvalue weighted by molar-refractivity contribution is -0.161. The zero-order valence-electron chi connectivity index (χ0n) is 20.4. The lowest BCUT2D eigenvalue weighted by Gasteiger charge is -2.59. The molecule has 5 rings (SSSR count). The van der Waals surface area contributed by atoms with Gasteiger partial charge in [0.1, 0.15) is 0 Å². The highest BCUT2D eigenvalue weighted by atomic mass is 16.6. The summed E-state index contributed by atoms with van der Waals surface area (Å²) >= 11 is 0. The van der Waals surface area contributed by atoms with Crippen LogP contribution in [0.5, 0.6) is 0 Å². The molecule has 0 spiro atoms. The first-order valence-corrected chi connectivity index (χ1v) is 12.7. The van der Waals surface area contributed by atoms with Crippen LogP contribution >= 0.6 is 0 Å². The molecule has 176 valence electrons. The van der Waals surface area contributed by atoms with E-state index in [1.165, 1.54) is 5.57 Å². The fraction of sp³-hybridized carbons (Fsp3) is 0.621. The molecule has 4 heteroatoms. The molecule has 0 heterocycles. The Hall–Kier alpha value is -2.23. The number of carbonyl (C=O) groups is 3. The highest BCUT2D eigenvalue weighted by Gasteiger charge is 2.67. The number of fused-ring (bicyclic) bond motifs is 5. The molecule has 0 amide bonds. The van der Waals surface area contributed by atoms with Gasteiger partial charge in [-0.25, -0.2) is 4.79 Å². The number of carbonyl (C=O) groups excluding carboxylic acids is 3. The second-order valence-corrected chi connectivity index (χ2v) is 11.6. The van der Waals surface area contributed by atoms with Gasteiger partial charge in [-0.2, -0.15) is 0 Å². The number of esters is 1. The second kappa shape index (κ2) is 7.65. The number of hydrogen-bond acceptors (Lipinski definition) is 4. The normalized spacial score (nSPS) is 39.7. The van der Waals surface area contributed by atoms with E-state index in [1.807, 2.05) is 25.1 Å². The predicted molar refractivity (Wildman–Crippen MR) is 127 cm³/mol. The van der Waals surface area contributed by atoms with Crippen LogP contribution in [0.1, 0.15) is 88.1 Å². The van der Waals surface area contributed by atoms with Gasteiger partial charge in [0.25, 0.3) is 0 Å². The van der Waals surface area contributed by atoms with E-state index in [1.54, 1.807) is 19.1 Å². The van der Waals surface area contributed by atoms with Gasteiger partial charge >= 0.3 is 5.97 Å². The molecule has 0 bridgehead atoms. The lowest BCUT2D eigenvalue weighted by atomic mass is 9.46. The van der Waals surface area contributed by atoms with Gasteiger partial charge in [-0.1, -0.05) is 37.1 Å². The van der Waals surface area contributed by atoms with E-state index in [0.29, 0.717) is 36.2 Å². The Bertz CT molecular complexity index is 1040. The van der Waals surface area contributed by atoms with E-state index in [-0.39, 0.29) is 28.4 Å². The number of hydrogen-bond donors (Lipinski definition) is 0. The average Bonchev–Trinajstić information content (AvgIpc) is 3.08. The van der Waals surface area contributed by atoms with Crippen LogP contribution in [0, 0.1) is 35.5 Å². The van der Waals surface area contributed by atoms with Gasteiger partial charge in [-0.3, -0.25) is 9.59 Å². The minimum absolute atomic E-state index is 0.0164. The predicted octanol–water partition coefficient (Wildman–Crippen LogP) is 6.01. The summed E-state index contributed by atoms with van der Waals surface area (Å²) in [6, 6.07) is 7.39. The van der Waals surface area contributed by atoms with Crippen LogP contribution in [0.25, 0.3) is 0 Å². The first-order valence-electron chi connectivity index (χ1n) is 12.7. The van der Waals surface area contributed by atoms with Crippen LogP contribution in [0.3, 0.4) is 0 Å². The van der Waals surface area contributed by atoms with Gasteiger partial charge < -0.3 is 4.74 Å². The Labute approximate surface area is 197 Å². The molecule has 3 fully saturated rings. The van der Waals surface area contributed by atoms with Crippen LogP contribution in [0.4, 0.5) is 0 Å². The average molecular weight is 449 g/mol. The zero-order chi connectivity index (χ0) is 23.6. The van der Waals surface area contributed by atoms with Crippen molar-refractivity contribution in [2.75, 3.05) is 0 Å². The molecule has 0 radical (unpaired) electrons. The molecule has 4 nitrogen and oxygen atoms in total. The number of Topliss-reactive ketones (excluding diaryl/α,β-unsaturated/α-hetero) is 1. The zero-order valence-corrected chi connectivity index (χ0v) is 20.4. The maximum Gasteiger partial charge on any atom is 0.339 e. The maximum atomic E-state index is 13.2. The molecule has 0 unspecified atom stereocenters. The van der Waals surface area contributed by atoms with Crippen molar-refractivity contribution < 1.29 is 19.1 Å². The minimum Gasteiger partial charge on any atom is -0.447 e. The molecule has 3 saturated carbocycles. The minimum atomic E-state index is -1.05. The molecule has 4 aliphatic carbocycles. The Morgan fingerprint density at radius 3 is 2.33 bits per heavy atom. The number of benzene rings is 1. The van der Waals surface area contributed by atoms with E-state index in [4.69, 9.17) is 4.74 Å². The summed E-state index contributed by atoms with van der Waals surface area (Å²) in [4.78, 5) is 38.5. The summed E-state index contributed by atoms with van der Waals surface area (Å²) in [5.74, 6) is 1.29. The Kier molecular flexibility index (Phi) is 5.23. The van der Waals surface area contributed by atoms with Crippen molar-refractivity contribution in [2.45, 2.75) is 84.7 Å². The van der Waals surface area contributed by atoms with Crippen molar-refractivity contribution in [3.05, 3.63) is 47.0 Å². The van der Waals surface area contributed by atoms with E-state index in [9.17, 15) is 14.4 Å². The first-order chi connectivity index (χ1) is 15.6. The Morgan fingerprint density at radius 1 is 0.939 bits per heavy atom. The Balaban J connectivity index is 1.46. The summed E-state index contributed by atoms with van der Waals surface area (Å²) in [5.41, 5.74) is 1.65. The fourth-order valence-corrected chi connectivity index (χ4v) is 8.28. The van der Waals surface area contributed by atoms with Crippen molar-refractivity contribution in [2.24, 2.45) is 28.6 Å². The van der Waals surface area contributed by atoms with Crippen molar-refractivity contribution in [1.82, 2.24) is 0 Å². The lowest BCUT2D eigenvalue weighted by Crippen LogP contribution is -2.58. The number of rotatable bonds is 3. The van der Waals surface area contributed by atoms with Crippen LogP contribution in [-0.2, 0) is 14.3 Å². The standard InChI is InChI=1S/C29H36O4/c1-18-5-7-20(8-6-18)26(32)33-29(19(2)30)16-13-25-23-10-9-21-17-22(31)11-14-27(21,3)24(23)12-15-28(25,29)4/h5-8,17,23-25H,9-16H2,1-4H3/t23-,24+,25+,27+,28+,29+/m1/s1. The fourth-order valence-electron chi connectivity index (χ4n) is 8.28. The highest BCUT2D eigenvalue weighted by molar-refractivity contribution is 5.95. The Morgan fingerprint density at radius 2 is 1.64 bits per heavy atom. The van der Waals surface area contributed by atoms with Crippen molar-refractivity contribution >= 4 is 17.5 Å². The molecular weight excluding hydrogens is 412 g/mol. The summed E-state index contributed by atoms with van der Waals surface area (Å²) in [6.45, 7) is 8.18. The molecule has 0 aliphatic heterocycles. The number of aryl methyl sites for hydroxylation is 1. The molecule has 1 aromatic rings. The van der Waals surface area contributed by atoms with E-state index < -0.39 is 5.60 Å². The van der Waals surface area contributed by atoms with E-state index in [2.05, 4.69) is 13.8 Å². The SMILES string of the molecule is CC(=O)[C@@]1(OC(=O)c2ccc(C)cc2)CC[C@H]2[C@@H]3CCC4=CC(=O)CC[C@]4(C)[C@H]3CC[C@@]21C. The summed E-state index contributed by atoms with van der Waals surface area (Å²) in [6.07, 6.45) is 9.03. The van der Waals surface area contributed by atoms with Crippen molar-refractivity contribution in [3.8, 4) is 0 Å². The summed E-state index contributed by atoms with van der Waals surface area (Å²) in [7, 11) is 0. The molecule has 1 aromatic carbocycles. The van der Waals surface area contributed by atoms with E-state index in [0.717, 1.165) is 44.1 Å². The third-order valence-corrected chi connectivity index (χ3v) is 10.2. The van der Waals surface area contributed by atoms with Crippen LogP contribution in [-0.4, -0.2) is 23.1 Å². The molecule has 0 N–H and O–H groups in total. The molecule has 0 aromatic heterocycles. The molecule has 33 heavy (non-hydrogen) atoms. The topological polar surface area (TPSA) is 60.4 Å². The second-order valence-electron chi connectivity index (χ2n) is 11.6. The third-order valence-electron chi connectivity index (χ3n) is 10.2. The molecule has 4 aliphatic rings. The van der Waals surface area contributed by atoms with Crippen LogP contribution < -0.4 is 0 Å². The van der Waals surface area contributed by atoms with Gasteiger partial charge in [-0.05, 0) is 100 Å². The first kappa shape index (κ1) is 22.6. The largest absolute Gasteiger partial charge is 0.447 e. The summed E-state index contributed by atoms with van der Waals surface area (Å²) < 4.78 is 6.24. The van der Waals surface area contributed by atoms with Crippen LogP contribution in [0.15, 0.2) is 35.9 Å². The van der Waals surface area contributed by atoms with Crippen molar-refractivity contribution in [3.63, 3.8) is 0 Å². The van der Waals surface area contributed by atoms with E-state index >= 15 is 0 Å². The van der Waals surface area contributed by atoms with Crippen molar-refractivity contribution in [1.29, 1.82) is 0 Å². The quantitative estimate of drug-likeness (QED) is 0.531. The molecular formula is C29H36O4. The monoisotopic (exact) mass is 448 g/mol. The van der Waals surface area contributed by atoms with Crippen LogP contribution in [0.2, 0.25) is 0 Å². The number of ether oxygens (including phenoxy) is 1. The van der Waals surface area contributed by atoms with Gasteiger partial charge in [0, 0.05) is 11.8 Å². The van der Waals surface area contributed by atoms with Gasteiger partial charge in [0.15, 0.2) is 17.2 Å². The van der Waals surface area contributed by atoms with Gasteiger partial charge in [0.05, 0.1) is 5.56 Å². The molecule has 6 atom stereocenters. The number of allylic oxidation sites excluding steroid dienone is 1. The molecule has 0 saturated heterocycles. The highest BCUT2D eigenvalue weighted by Crippen LogP contribution is 2.68.